The van der Waals surface area contributed by atoms with Crippen LogP contribution in [0.3, 0.4) is 0 Å². The van der Waals surface area contributed by atoms with E-state index in [1.54, 1.807) is 19.1 Å². The lowest BCUT2D eigenvalue weighted by molar-refractivity contribution is 0.0694. The zero-order valence-corrected chi connectivity index (χ0v) is 14.0. The Kier molecular flexibility index (Phi) is 3.57. The third kappa shape index (κ3) is 2.45. The molecule has 1 fully saturated rings. The lowest BCUT2D eigenvalue weighted by Gasteiger charge is -2.16. The fraction of sp³-hybridized carbons (Fsp3) is 0.200. The second-order valence-electron chi connectivity index (χ2n) is 6.64. The van der Waals surface area contributed by atoms with Crippen molar-refractivity contribution >= 4 is 11.5 Å². The number of aromatic carboxylic acids is 1. The molecule has 5 nitrogen and oxygen atoms in total. The first-order valence-electron chi connectivity index (χ1n) is 8.29. The van der Waals surface area contributed by atoms with Crippen LogP contribution in [0.15, 0.2) is 41.3 Å². The number of phenols is 1. The van der Waals surface area contributed by atoms with Gasteiger partial charge in [-0.15, -0.1) is 0 Å². The van der Waals surface area contributed by atoms with Crippen molar-refractivity contribution in [1.29, 1.82) is 0 Å². The van der Waals surface area contributed by atoms with Crippen LogP contribution in [0, 0.1) is 12.7 Å². The second-order valence-corrected chi connectivity index (χ2v) is 6.64. The van der Waals surface area contributed by atoms with Crippen molar-refractivity contribution in [3.05, 3.63) is 69.4 Å². The van der Waals surface area contributed by atoms with Crippen LogP contribution >= 0.6 is 0 Å². The molecule has 2 aromatic heterocycles. The number of halogens is 1. The Morgan fingerprint density at radius 1 is 1.23 bits per heavy atom. The number of nitrogens with zero attached hydrogens (tertiary/aromatic N) is 1. The van der Waals surface area contributed by atoms with Gasteiger partial charge in [0, 0.05) is 11.8 Å². The molecule has 1 saturated carbocycles. The Hall–Kier alpha value is -3.15. The summed E-state index contributed by atoms with van der Waals surface area (Å²) in [6.45, 7) is 1.73. The molecule has 6 heteroatoms. The van der Waals surface area contributed by atoms with E-state index in [9.17, 15) is 24.2 Å². The molecule has 1 aromatic carbocycles. The summed E-state index contributed by atoms with van der Waals surface area (Å²) < 4.78 is 16.0. The number of phenolic OH excluding ortho intramolecular Hbond substituents is 1. The second kappa shape index (κ2) is 5.69. The predicted octanol–water partition coefficient (Wildman–Crippen LogP) is 3.70. The highest BCUT2D eigenvalue weighted by molar-refractivity contribution is 5.89. The van der Waals surface area contributed by atoms with E-state index in [4.69, 9.17) is 0 Å². The lowest BCUT2D eigenvalue weighted by atomic mass is 9.96. The van der Waals surface area contributed by atoms with E-state index >= 15 is 0 Å². The van der Waals surface area contributed by atoms with Gasteiger partial charge in [-0.1, -0.05) is 12.1 Å². The summed E-state index contributed by atoms with van der Waals surface area (Å²) >= 11 is 0. The minimum absolute atomic E-state index is 0.0774. The van der Waals surface area contributed by atoms with E-state index in [2.05, 4.69) is 0 Å². The van der Waals surface area contributed by atoms with E-state index < -0.39 is 17.3 Å². The molecule has 4 rings (SSSR count). The van der Waals surface area contributed by atoms with Crippen LogP contribution in [0.5, 0.6) is 5.75 Å². The molecule has 132 valence electrons. The number of aromatic nitrogens is 1. The molecule has 0 atom stereocenters. The van der Waals surface area contributed by atoms with Crippen LogP contribution in [0.1, 0.15) is 40.2 Å². The van der Waals surface area contributed by atoms with Crippen LogP contribution in [-0.4, -0.2) is 20.6 Å². The van der Waals surface area contributed by atoms with Gasteiger partial charge < -0.3 is 10.2 Å². The van der Waals surface area contributed by atoms with Crippen molar-refractivity contribution < 1.29 is 19.4 Å². The lowest BCUT2D eigenvalue weighted by Crippen LogP contribution is -2.24. The molecule has 1 aliphatic carbocycles. The minimum atomic E-state index is -1.31. The van der Waals surface area contributed by atoms with E-state index in [1.165, 1.54) is 18.2 Å². The smallest absolute Gasteiger partial charge is 0.341 e. The number of aryl methyl sites for hydroxylation is 1. The molecular weight excluding hydrogens is 337 g/mol. The third-order valence-corrected chi connectivity index (χ3v) is 4.88. The molecule has 0 amide bonds. The quantitative estimate of drug-likeness (QED) is 0.753. The summed E-state index contributed by atoms with van der Waals surface area (Å²) in [7, 11) is 0. The van der Waals surface area contributed by atoms with Gasteiger partial charge in [0.25, 0.3) is 5.56 Å². The standard InChI is InChI=1S/C20H16FNO4/c1-10-17(12-4-6-13(23)7-5-12)16(21)9-22-18(10)14(11-2-3-11)8-15(19(22)24)20(25)26/h4-9,11,23H,2-3H2,1H3,(H,25,26). The molecule has 0 aliphatic heterocycles. The third-order valence-electron chi connectivity index (χ3n) is 4.88. The molecular formula is C20H16FNO4. The van der Waals surface area contributed by atoms with Crippen LogP contribution in [-0.2, 0) is 0 Å². The first-order valence-corrected chi connectivity index (χ1v) is 8.29. The summed E-state index contributed by atoms with van der Waals surface area (Å²) in [5, 5.41) is 18.8. The topological polar surface area (TPSA) is 79.0 Å². The molecule has 3 aromatic rings. The average Bonchev–Trinajstić information content (AvgIpc) is 3.42. The number of carboxylic acids is 1. The first kappa shape index (κ1) is 16.3. The molecule has 0 spiro atoms. The Bertz CT molecular complexity index is 1110. The highest BCUT2D eigenvalue weighted by Gasteiger charge is 2.30. The number of hydrogen-bond acceptors (Lipinski definition) is 3. The summed E-state index contributed by atoms with van der Waals surface area (Å²) in [5.74, 6) is -1.67. The van der Waals surface area contributed by atoms with Gasteiger partial charge >= 0.3 is 5.97 Å². The molecule has 0 radical (unpaired) electrons. The van der Waals surface area contributed by atoms with Crippen molar-refractivity contribution in [3.8, 4) is 16.9 Å². The zero-order chi connectivity index (χ0) is 18.6. The number of benzene rings is 1. The predicted molar refractivity (Wildman–Crippen MR) is 94.4 cm³/mol. The van der Waals surface area contributed by atoms with E-state index in [0.29, 0.717) is 22.2 Å². The Labute approximate surface area is 148 Å². The van der Waals surface area contributed by atoms with Crippen molar-refractivity contribution in [2.24, 2.45) is 0 Å². The van der Waals surface area contributed by atoms with Gasteiger partial charge in [0.15, 0.2) is 0 Å². The van der Waals surface area contributed by atoms with Gasteiger partial charge in [-0.3, -0.25) is 9.20 Å². The molecule has 0 unspecified atom stereocenters. The Balaban J connectivity index is 2.10. The van der Waals surface area contributed by atoms with Gasteiger partial charge in [0.2, 0.25) is 0 Å². The van der Waals surface area contributed by atoms with Crippen molar-refractivity contribution in [3.63, 3.8) is 0 Å². The number of fused-ring (bicyclic) bond motifs is 1. The average molecular weight is 353 g/mol. The number of carbonyl (C=O) groups is 1. The normalized spacial score (nSPS) is 13.9. The van der Waals surface area contributed by atoms with Gasteiger partial charge in [-0.05, 0) is 60.6 Å². The number of pyridine rings is 2. The van der Waals surface area contributed by atoms with E-state index in [0.717, 1.165) is 29.0 Å². The number of hydrogen-bond donors (Lipinski definition) is 2. The minimum Gasteiger partial charge on any atom is -0.508 e. The van der Waals surface area contributed by atoms with Crippen LogP contribution in [0.4, 0.5) is 4.39 Å². The Morgan fingerprint density at radius 3 is 2.46 bits per heavy atom. The molecule has 0 bridgehead atoms. The van der Waals surface area contributed by atoms with Gasteiger partial charge in [0.1, 0.15) is 17.1 Å². The number of rotatable bonds is 3. The van der Waals surface area contributed by atoms with Gasteiger partial charge in [-0.2, -0.15) is 0 Å². The molecule has 26 heavy (non-hydrogen) atoms. The van der Waals surface area contributed by atoms with Gasteiger partial charge in [0.05, 0.1) is 5.52 Å². The summed E-state index contributed by atoms with van der Waals surface area (Å²) in [6.07, 6.45) is 2.89. The van der Waals surface area contributed by atoms with Crippen LogP contribution in [0.25, 0.3) is 16.6 Å². The van der Waals surface area contributed by atoms with E-state index in [-0.39, 0.29) is 17.2 Å². The van der Waals surface area contributed by atoms with Crippen molar-refractivity contribution in [2.75, 3.05) is 0 Å². The molecule has 1 aliphatic rings. The largest absolute Gasteiger partial charge is 0.508 e. The first-order chi connectivity index (χ1) is 12.4. The summed E-state index contributed by atoms with van der Waals surface area (Å²) in [4.78, 5) is 24.0. The van der Waals surface area contributed by atoms with Crippen molar-refractivity contribution in [1.82, 2.24) is 4.40 Å². The zero-order valence-electron chi connectivity index (χ0n) is 14.0. The molecule has 2 N–H and O–H groups in total. The summed E-state index contributed by atoms with van der Waals surface area (Å²) in [5.41, 5.74) is 1.74. The SMILES string of the molecule is Cc1c(-c2ccc(O)cc2)c(F)cn2c(=O)c(C(=O)O)cc(C3CC3)c12. The monoisotopic (exact) mass is 353 g/mol. The maximum atomic E-state index is 14.9. The highest BCUT2D eigenvalue weighted by atomic mass is 19.1. The fourth-order valence-electron chi connectivity index (χ4n) is 3.49. The number of aromatic hydroxyl groups is 1. The van der Waals surface area contributed by atoms with Crippen LogP contribution < -0.4 is 5.56 Å². The molecule has 2 heterocycles. The van der Waals surface area contributed by atoms with E-state index in [1.807, 2.05) is 0 Å². The van der Waals surface area contributed by atoms with Crippen LogP contribution in [0.2, 0.25) is 0 Å². The summed E-state index contributed by atoms with van der Waals surface area (Å²) in [6, 6.07) is 7.60. The number of carboxylic acid groups (broad SMARTS) is 1. The Morgan fingerprint density at radius 2 is 1.88 bits per heavy atom. The van der Waals surface area contributed by atoms with Gasteiger partial charge in [-0.25, -0.2) is 9.18 Å². The molecule has 0 saturated heterocycles. The fourth-order valence-corrected chi connectivity index (χ4v) is 3.49. The highest BCUT2D eigenvalue weighted by Crippen LogP contribution is 2.43. The maximum Gasteiger partial charge on any atom is 0.341 e. The maximum absolute atomic E-state index is 14.9. The van der Waals surface area contributed by atoms with Crippen molar-refractivity contribution in [2.45, 2.75) is 25.7 Å².